The first-order valence-corrected chi connectivity index (χ1v) is 7.52. The van der Waals surface area contributed by atoms with Crippen molar-refractivity contribution in [3.8, 4) is 0 Å². The fourth-order valence-corrected chi connectivity index (χ4v) is 1.83. The minimum Gasteiger partial charge on any atom is -0.103 e. The molecule has 0 aliphatic rings. The van der Waals surface area contributed by atoms with Crippen molar-refractivity contribution in [3.05, 3.63) is 37.0 Å². The lowest BCUT2D eigenvalue weighted by atomic mass is 9.90. The quantitative estimate of drug-likeness (QED) is 0.438. The highest BCUT2D eigenvalue weighted by Crippen LogP contribution is 2.21. The van der Waals surface area contributed by atoms with E-state index in [4.69, 9.17) is 0 Å². The van der Waals surface area contributed by atoms with Crippen LogP contribution < -0.4 is 0 Å². The summed E-state index contributed by atoms with van der Waals surface area (Å²) in [4.78, 5) is 0. The average Bonchev–Trinajstić information content (AvgIpc) is 2.37. The molecule has 0 N–H and O–H groups in total. The molecule has 104 valence electrons. The summed E-state index contributed by atoms with van der Waals surface area (Å²) in [7, 11) is 0. The van der Waals surface area contributed by atoms with Crippen LogP contribution in [0.3, 0.4) is 0 Å². The molecule has 0 aliphatic carbocycles. The molecule has 0 heterocycles. The molecule has 0 fully saturated rings. The van der Waals surface area contributed by atoms with Crippen LogP contribution in [0.1, 0.15) is 53.9 Å². The molecule has 0 aromatic heterocycles. The Hall–Kier alpha value is -0.780. The van der Waals surface area contributed by atoms with Gasteiger partial charge in [0, 0.05) is 0 Å². The van der Waals surface area contributed by atoms with Gasteiger partial charge in [-0.25, -0.2) is 0 Å². The van der Waals surface area contributed by atoms with Gasteiger partial charge in [0.05, 0.1) is 0 Å². The van der Waals surface area contributed by atoms with Crippen molar-refractivity contribution < 1.29 is 0 Å². The third-order valence-electron chi connectivity index (χ3n) is 3.51. The third-order valence-corrected chi connectivity index (χ3v) is 3.51. The molecule has 0 aromatic rings. The largest absolute Gasteiger partial charge is 0.103 e. The van der Waals surface area contributed by atoms with E-state index in [9.17, 15) is 0 Å². The molecule has 0 nitrogen and oxygen atoms in total. The molecule has 3 atom stereocenters. The van der Waals surface area contributed by atoms with E-state index in [-0.39, 0.29) is 0 Å². The molecule has 0 rings (SSSR count). The summed E-state index contributed by atoms with van der Waals surface area (Å²) in [6.45, 7) is 15.2. The Kier molecular flexibility index (Phi) is 9.73. The van der Waals surface area contributed by atoms with Crippen molar-refractivity contribution in [1.29, 1.82) is 0 Å². The van der Waals surface area contributed by atoms with Crippen LogP contribution in [0, 0.1) is 23.7 Å². The van der Waals surface area contributed by atoms with Crippen LogP contribution in [0.25, 0.3) is 0 Å². The Labute approximate surface area is 115 Å². The zero-order valence-corrected chi connectivity index (χ0v) is 13.0. The van der Waals surface area contributed by atoms with Crippen LogP contribution in [-0.4, -0.2) is 0 Å². The maximum absolute atomic E-state index is 3.94. The number of hydrogen-bond donors (Lipinski definition) is 0. The van der Waals surface area contributed by atoms with Gasteiger partial charge < -0.3 is 0 Å². The Bertz CT molecular complexity index is 257. The molecular weight excluding hydrogens is 216 g/mol. The fourth-order valence-electron chi connectivity index (χ4n) is 1.83. The molecule has 18 heavy (non-hydrogen) atoms. The van der Waals surface area contributed by atoms with E-state index < -0.39 is 0 Å². The minimum absolute atomic E-state index is 0.560. The standard InChI is InChI=1S/C18H32/c1-7-16(6)11-13-18(12-10-15(4)5)14-17(8-2)9-3/h8,10-13,15-18H,2,7,9,14H2,1,3-6H3. The van der Waals surface area contributed by atoms with Crippen LogP contribution >= 0.6 is 0 Å². The van der Waals surface area contributed by atoms with E-state index in [0.717, 1.165) is 0 Å². The third kappa shape index (κ3) is 8.33. The number of hydrogen-bond acceptors (Lipinski definition) is 0. The summed E-state index contributed by atoms with van der Waals surface area (Å²) < 4.78 is 0. The molecule has 0 aliphatic heterocycles. The van der Waals surface area contributed by atoms with Gasteiger partial charge in [-0.1, -0.05) is 71.4 Å². The SMILES string of the molecule is C=CC(CC)CC(C=CC(C)C)C=CC(C)CC. The summed E-state index contributed by atoms with van der Waals surface area (Å²) in [5.74, 6) is 2.51. The second-order valence-electron chi connectivity index (χ2n) is 5.70. The van der Waals surface area contributed by atoms with Gasteiger partial charge in [0.2, 0.25) is 0 Å². The monoisotopic (exact) mass is 248 g/mol. The molecule has 0 heteroatoms. The normalized spacial score (nSPS) is 17.4. The molecular formula is C18H32. The van der Waals surface area contributed by atoms with Crippen molar-refractivity contribution in [2.24, 2.45) is 23.7 Å². The molecule has 0 saturated carbocycles. The fraction of sp³-hybridized carbons (Fsp3) is 0.667. The Morgan fingerprint density at radius 2 is 1.50 bits per heavy atom. The Balaban J connectivity index is 4.60. The van der Waals surface area contributed by atoms with Gasteiger partial charge >= 0.3 is 0 Å². The zero-order valence-electron chi connectivity index (χ0n) is 13.0. The van der Waals surface area contributed by atoms with Crippen molar-refractivity contribution >= 4 is 0 Å². The second-order valence-corrected chi connectivity index (χ2v) is 5.70. The number of allylic oxidation sites excluding steroid dienone is 5. The van der Waals surface area contributed by atoms with Gasteiger partial charge in [-0.3, -0.25) is 0 Å². The summed E-state index contributed by atoms with van der Waals surface area (Å²) in [5.41, 5.74) is 0. The van der Waals surface area contributed by atoms with Gasteiger partial charge in [0.25, 0.3) is 0 Å². The average molecular weight is 248 g/mol. The van der Waals surface area contributed by atoms with Crippen LogP contribution in [0.5, 0.6) is 0 Å². The highest BCUT2D eigenvalue weighted by Gasteiger charge is 2.08. The second kappa shape index (κ2) is 10.2. The Morgan fingerprint density at radius 3 is 1.94 bits per heavy atom. The smallest absolute Gasteiger partial charge is 0.00477 e. The summed E-state index contributed by atoms with van der Waals surface area (Å²) >= 11 is 0. The lowest BCUT2D eigenvalue weighted by Crippen LogP contribution is -2.03. The minimum atomic E-state index is 0.560. The summed E-state index contributed by atoms with van der Waals surface area (Å²) in [5, 5.41) is 0. The van der Waals surface area contributed by atoms with Crippen LogP contribution in [0.2, 0.25) is 0 Å². The first-order chi connectivity index (χ1) is 8.53. The van der Waals surface area contributed by atoms with E-state index in [1.165, 1.54) is 19.3 Å². The molecule has 0 radical (unpaired) electrons. The summed E-state index contributed by atoms with van der Waals surface area (Å²) in [6, 6.07) is 0. The predicted molar refractivity (Wildman–Crippen MR) is 84.7 cm³/mol. The van der Waals surface area contributed by atoms with E-state index in [0.29, 0.717) is 23.7 Å². The van der Waals surface area contributed by atoms with Gasteiger partial charge in [0.1, 0.15) is 0 Å². The van der Waals surface area contributed by atoms with Crippen molar-refractivity contribution in [2.45, 2.75) is 53.9 Å². The molecule has 0 saturated heterocycles. The first kappa shape index (κ1) is 17.2. The Morgan fingerprint density at radius 1 is 0.889 bits per heavy atom. The van der Waals surface area contributed by atoms with E-state index >= 15 is 0 Å². The van der Waals surface area contributed by atoms with Crippen LogP contribution in [-0.2, 0) is 0 Å². The lowest BCUT2D eigenvalue weighted by molar-refractivity contribution is 0.521. The van der Waals surface area contributed by atoms with Gasteiger partial charge in [-0.05, 0) is 36.5 Å². The predicted octanol–water partition coefficient (Wildman–Crippen LogP) is 6.02. The maximum Gasteiger partial charge on any atom is -0.00477 e. The van der Waals surface area contributed by atoms with Crippen molar-refractivity contribution in [3.63, 3.8) is 0 Å². The molecule has 0 spiro atoms. The topological polar surface area (TPSA) is 0 Å². The van der Waals surface area contributed by atoms with Gasteiger partial charge in [0.15, 0.2) is 0 Å². The van der Waals surface area contributed by atoms with Crippen molar-refractivity contribution in [1.82, 2.24) is 0 Å². The maximum atomic E-state index is 3.94. The lowest BCUT2D eigenvalue weighted by Gasteiger charge is -2.15. The van der Waals surface area contributed by atoms with E-state index in [1.54, 1.807) is 0 Å². The zero-order chi connectivity index (χ0) is 14.0. The summed E-state index contributed by atoms with van der Waals surface area (Å²) in [6.07, 6.45) is 15.1. The highest BCUT2D eigenvalue weighted by atomic mass is 14.1. The first-order valence-electron chi connectivity index (χ1n) is 7.52. The van der Waals surface area contributed by atoms with Gasteiger partial charge in [-0.2, -0.15) is 0 Å². The van der Waals surface area contributed by atoms with Crippen LogP contribution in [0.4, 0.5) is 0 Å². The molecule has 3 unspecified atom stereocenters. The van der Waals surface area contributed by atoms with Crippen LogP contribution in [0.15, 0.2) is 37.0 Å². The highest BCUT2D eigenvalue weighted by molar-refractivity contribution is 5.04. The molecule has 0 aromatic carbocycles. The van der Waals surface area contributed by atoms with Crippen molar-refractivity contribution in [2.75, 3.05) is 0 Å². The van der Waals surface area contributed by atoms with E-state index in [1.807, 2.05) is 0 Å². The van der Waals surface area contributed by atoms with E-state index in [2.05, 4.69) is 71.6 Å². The number of rotatable bonds is 9. The molecule has 0 amide bonds. The van der Waals surface area contributed by atoms with Gasteiger partial charge in [-0.15, -0.1) is 6.58 Å². The molecule has 0 bridgehead atoms.